The van der Waals surface area contributed by atoms with Gasteiger partial charge in [0.2, 0.25) is 0 Å². The van der Waals surface area contributed by atoms with Crippen LogP contribution in [-0.2, 0) is 109 Å². The van der Waals surface area contributed by atoms with Crippen molar-refractivity contribution in [1.82, 2.24) is 10.6 Å². The summed E-state index contributed by atoms with van der Waals surface area (Å²) in [5, 5.41) is 97.7. The van der Waals surface area contributed by atoms with Gasteiger partial charge in [-0.05, 0) is 46.5 Å². The van der Waals surface area contributed by atoms with Crippen LogP contribution >= 0.6 is 0 Å². The number of hydrogen-bond acceptors (Lipinski definition) is 22. The van der Waals surface area contributed by atoms with Crippen LogP contribution in [-0.4, -0.2) is 140 Å². The minimum Gasteiger partial charge on any atom is -0.870 e. The van der Waals surface area contributed by atoms with E-state index in [1.54, 1.807) is 97.7 Å². The first-order valence-electron chi connectivity index (χ1n) is 19.9. The Balaban J connectivity index is -0.000000148. The summed E-state index contributed by atoms with van der Waals surface area (Å²) in [6.45, 7) is 4.82. The summed E-state index contributed by atoms with van der Waals surface area (Å²) in [5.74, 6) is 0.587. The van der Waals surface area contributed by atoms with E-state index in [2.05, 4.69) is 30.6 Å². The fourth-order valence-electron chi connectivity index (χ4n) is 4.66. The van der Waals surface area contributed by atoms with Crippen LogP contribution in [0.2, 0.25) is 0 Å². The minimum atomic E-state index is -1.75. The molecule has 4 N–H and O–H groups in total. The van der Waals surface area contributed by atoms with Crippen LogP contribution in [0.4, 0.5) is 0 Å². The van der Waals surface area contributed by atoms with Gasteiger partial charge in [0.25, 0.3) is 0 Å². The predicted molar refractivity (Wildman–Crippen MR) is 263 cm³/mol. The predicted octanol–water partition coefficient (Wildman–Crippen LogP) is 2.42. The van der Waals surface area contributed by atoms with Crippen molar-refractivity contribution in [1.29, 1.82) is 0 Å². The van der Waals surface area contributed by atoms with Crippen LogP contribution in [0.5, 0.6) is 46.0 Å². The second kappa shape index (κ2) is 62.1. The molecular weight excluding hydrogens is 1410 g/mol. The van der Waals surface area contributed by atoms with Gasteiger partial charge in [0.15, 0.2) is 0 Å². The Hall–Kier alpha value is -5.49. The average Bonchev–Trinajstić information content (AvgIpc) is 3.36. The zero-order chi connectivity index (χ0) is 55.5. The third-order valence-electron chi connectivity index (χ3n) is 7.51. The largest absolute Gasteiger partial charge is 2.00 e. The molecule has 4 aromatic carbocycles. The average molecular weight is 1460 g/mol. The number of rotatable bonds is 20. The summed E-state index contributed by atoms with van der Waals surface area (Å²) in [6, 6.07) is 20.4. The van der Waals surface area contributed by atoms with Crippen molar-refractivity contribution < 1.29 is 169 Å². The minimum absolute atomic E-state index is 0. The fourth-order valence-corrected chi connectivity index (χ4v) is 4.66. The molecule has 0 aliphatic heterocycles. The molecule has 0 heterocycles. The van der Waals surface area contributed by atoms with E-state index in [1.807, 2.05) is 0 Å². The first-order chi connectivity index (χ1) is 34.6. The van der Waals surface area contributed by atoms with Crippen LogP contribution in [0, 0.1) is 30.6 Å². The van der Waals surface area contributed by atoms with Gasteiger partial charge in [0, 0.05) is 65.3 Å². The van der Waals surface area contributed by atoms with Gasteiger partial charge in [-0.3, -0.25) is 29.8 Å². The Bertz CT molecular complexity index is 2000. The van der Waals surface area contributed by atoms with E-state index in [4.69, 9.17) is 81.9 Å². The molecule has 396 valence electrons. The van der Waals surface area contributed by atoms with Crippen LogP contribution in [0.15, 0.2) is 92.8 Å². The first-order valence-corrected chi connectivity index (χ1v) is 19.9. The van der Waals surface area contributed by atoms with Crippen LogP contribution in [0.1, 0.15) is 22.3 Å². The normalized spacial score (nSPS) is 9.05. The summed E-state index contributed by atoms with van der Waals surface area (Å²) >= 11 is 0. The molecule has 76 heavy (non-hydrogen) atoms. The number of aliphatic hydroxyl groups excluding tert-OH is 2. The Kier molecular flexibility index (Phi) is 71.2. The number of aliphatic hydroxyl groups is 2. The standard InChI is InChI=1S/2C20H25N3O4.2CH4O.4Cd.2N3.2NO3/c2*1-26-17-7-3-5-15(19(17)24)13-22-11-9-21-10-12-23-14-16-6-4-8-18(27-2)20(16)25;2*1-2;;;;;2*1-3-2;2*2-1(3)4/h2*3-8,13-14,21,24-25H,9-12H2,1-2H3;2*2H,1H3;;;;;;;;/q;;;;4*+2;4*-1/p-4. The van der Waals surface area contributed by atoms with E-state index in [0.29, 0.717) is 97.6 Å². The van der Waals surface area contributed by atoms with Crippen molar-refractivity contribution in [3.8, 4) is 46.0 Å². The van der Waals surface area contributed by atoms with Crippen molar-refractivity contribution >= 4 is 24.9 Å². The van der Waals surface area contributed by atoms with Crippen LogP contribution in [0.3, 0.4) is 0 Å². The molecule has 4 rings (SSSR count). The Labute approximate surface area is 518 Å². The van der Waals surface area contributed by atoms with Gasteiger partial charge in [-0.25, -0.2) is 0 Å². The van der Waals surface area contributed by atoms with Crippen molar-refractivity contribution in [3.05, 3.63) is 158 Å². The second-order valence-corrected chi connectivity index (χ2v) is 11.8. The molecule has 0 fully saturated rings. The molecule has 0 unspecified atom stereocenters. The monoisotopic (exact) mass is 1470 g/mol. The van der Waals surface area contributed by atoms with Crippen molar-refractivity contribution in [2.24, 2.45) is 20.0 Å². The number of nitrogens with one attached hydrogen (secondary N) is 2. The molecule has 0 aromatic heterocycles. The Morgan fingerprint density at radius 1 is 0.447 bits per heavy atom. The van der Waals surface area contributed by atoms with Gasteiger partial charge in [-0.1, -0.05) is 71.5 Å². The third-order valence-corrected chi connectivity index (χ3v) is 7.51. The topological polar surface area (TPSA) is 493 Å². The van der Waals surface area contributed by atoms with E-state index in [9.17, 15) is 20.4 Å². The molecule has 34 heteroatoms. The van der Waals surface area contributed by atoms with Crippen molar-refractivity contribution in [2.75, 3.05) is 95.0 Å². The van der Waals surface area contributed by atoms with E-state index in [1.165, 1.54) is 38.3 Å². The van der Waals surface area contributed by atoms with Gasteiger partial charge in [0.05, 0.1) is 64.8 Å². The smallest absolute Gasteiger partial charge is 0.870 e. The van der Waals surface area contributed by atoms with Gasteiger partial charge >= 0.3 is 109 Å². The van der Waals surface area contributed by atoms with E-state index in [0.717, 1.165) is 14.2 Å². The molecule has 0 saturated carbocycles. The maximum absolute atomic E-state index is 11.9. The molecular formula is C42H54Cd4N14O16. The number of benzene rings is 4. The van der Waals surface area contributed by atoms with Gasteiger partial charge < -0.3 is 113 Å². The molecule has 0 atom stereocenters. The summed E-state index contributed by atoms with van der Waals surface area (Å²) in [5.41, 5.74) is 29.0. The summed E-state index contributed by atoms with van der Waals surface area (Å²) in [6.07, 6.45) is 6.24. The maximum atomic E-state index is 11.9. The number of ether oxygens (including phenoxy) is 4. The maximum Gasteiger partial charge on any atom is 2.00 e. The number of methoxy groups -OCH3 is 4. The fraction of sp³-hybridized carbons (Fsp3) is 0.333. The Morgan fingerprint density at radius 2 is 0.605 bits per heavy atom. The van der Waals surface area contributed by atoms with E-state index >= 15 is 0 Å². The number of para-hydroxylation sites is 4. The molecule has 30 nitrogen and oxygen atoms in total. The quantitative estimate of drug-likeness (QED) is 0.0144. The number of aliphatic imine (C=N–C) groups is 4. The van der Waals surface area contributed by atoms with E-state index in [-0.39, 0.29) is 132 Å². The third kappa shape index (κ3) is 45.9. The van der Waals surface area contributed by atoms with Crippen molar-refractivity contribution in [3.63, 3.8) is 0 Å². The molecule has 0 aliphatic carbocycles. The van der Waals surface area contributed by atoms with E-state index < -0.39 is 10.2 Å². The van der Waals surface area contributed by atoms with Gasteiger partial charge in [0.1, 0.15) is 23.0 Å². The number of nitrogens with zero attached hydrogens (tertiary/aromatic N) is 12. The van der Waals surface area contributed by atoms with Crippen molar-refractivity contribution in [2.45, 2.75) is 0 Å². The molecule has 0 spiro atoms. The summed E-state index contributed by atoms with van der Waals surface area (Å²) in [4.78, 5) is 36.4. The second-order valence-electron chi connectivity index (χ2n) is 11.8. The molecule has 0 amide bonds. The summed E-state index contributed by atoms with van der Waals surface area (Å²) < 4.78 is 20.0. The molecule has 0 aliphatic rings. The number of hydrogen-bond donors (Lipinski definition) is 4. The molecule has 0 radical (unpaired) electrons. The molecule has 0 bridgehead atoms. The molecule has 0 saturated heterocycles. The molecule has 4 aromatic rings. The first kappa shape index (κ1) is 87.2. The van der Waals surface area contributed by atoms with Gasteiger partial charge in [-0.15, -0.1) is 0 Å². The van der Waals surface area contributed by atoms with Gasteiger partial charge in [-0.2, -0.15) is 0 Å². The SMILES string of the molecule is CO.CO.COc1cccc(C=NCCNCCN=Cc2cccc(OC)c2[O-])c1[O-].COc1cccc(C=NCCNCCN=Cc2cccc(OC)c2[O-])c1[O-].O=[N+]([O-])[O-].O=[N+]([O-])[O-].[Cd+2].[Cd+2].[Cd+2].[Cd+2].[N-]=[N+]=[N-].[N-]=[N+]=[N-]. The Morgan fingerprint density at radius 3 is 0.750 bits per heavy atom. The van der Waals surface area contributed by atoms with Crippen LogP contribution in [0.25, 0.3) is 31.9 Å². The zero-order valence-corrected chi connectivity index (χ0v) is 58.8. The zero-order valence-electron chi connectivity index (χ0n) is 42.7. The van der Waals surface area contributed by atoms with Crippen LogP contribution < -0.4 is 50.0 Å². The summed E-state index contributed by atoms with van der Waals surface area (Å²) in [7, 11) is 7.87.